The number of nitrogens with zero attached hydrogens (tertiary/aromatic N) is 2. The first-order chi connectivity index (χ1) is 16.0. The molecule has 174 valence electrons. The Kier molecular flexibility index (Phi) is 9.57. The first-order valence-corrected chi connectivity index (χ1v) is 12.5. The summed E-state index contributed by atoms with van der Waals surface area (Å²) in [5.41, 5.74) is 2.13. The van der Waals surface area contributed by atoms with Gasteiger partial charge in [0.05, 0.1) is 45.0 Å². The quantitative estimate of drug-likeness (QED) is 0.330. The Labute approximate surface area is 220 Å². The molecule has 1 aliphatic rings. The predicted molar refractivity (Wildman–Crippen MR) is 142 cm³/mol. The lowest BCUT2D eigenvalue weighted by atomic mass is 9.97. The second kappa shape index (κ2) is 12.4. The summed E-state index contributed by atoms with van der Waals surface area (Å²) in [5.74, 6) is -0.506. The average Bonchev–Trinajstić information content (AvgIpc) is 2.83. The lowest BCUT2D eigenvalue weighted by molar-refractivity contribution is -0.122. The normalized spacial score (nSPS) is 14.2. The molecule has 2 amide bonds. The molecule has 0 aliphatic carbocycles. The molecule has 33 heavy (non-hydrogen) atoms. The number of carbonyl (C=O) groups is 2. The summed E-state index contributed by atoms with van der Waals surface area (Å²) >= 11 is 4.32. The van der Waals surface area contributed by atoms with Gasteiger partial charge >= 0.3 is 0 Å². The van der Waals surface area contributed by atoms with Crippen LogP contribution in [0.3, 0.4) is 0 Å². The van der Waals surface area contributed by atoms with Gasteiger partial charge in [-0.2, -0.15) is 5.26 Å². The van der Waals surface area contributed by atoms with E-state index < -0.39 is 5.92 Å². The molecule has 3 rings (SSSR count). The number of halogens is 2. The molecule has 1 aliphatic heterocycles. The summed E-state index contributed by atoms with van der Waals surface area (Å²) < 4.78 is 12.6. The smallest absolute Gasteiger partial charge is 0.253 e. The van der Waals surface area contributed by atoms with Gasteiger partial charge in [-0.3, -0.25) is 9.59 Å². The minimum absolute atomic E-state index is 0.0893. The Bertz CT molecular complexity index is 1030. The molecule has 2 aromatic carbocycles. The minimum atomic E-state index is -0.661. The number of para-hydroxylation sites is 1. The van der Waals surface area contributed by atoms with Gasteiger partial charge in [0, 0.05) is 25.3 Å². The lowest BCUT2D eigenvalue weighted by Gasteiger charge is -2.30. The van der Waals surface area contributed by atoms with E-state index in [0.717, 1.165) is 24.1 Å². The molecule has 1 saturated heterocycles. The number of rotatable bonds is 8. The Balaban J connectivity index is 1.82. The molecule has 2 aromatic rings. The van der Waals surface area contributed by atoms with E-state index in [-0.39, 0.29) is 24.9 Å². The first-order valence-electron chi connectivity index (χ1n) is 10.3. The van der Waals surface area contributed by atoms with E-state index in [1.54, 1.807) is 13.2 Å². The number of carbonyl (C=O) groups excluding carboxylic acids is 2. The zero-order valence-electron chi connectivity index (χ0n) is 18.1. The summed E-state index contributed by atoms with van der Waals surface area (Å²) in [6.07, 6.45) is 0. The van der Waals surface area contributed by atoms with E-state index >= 15 is 0 Å². The van der Waals surface area contributed by atoms with Crippen molar-refractivity contribution < 1.29 is 19.1 Å². The van der Waals surface area contributed by atoms with Gasteiger partial charge < -0.3 is 25.0 Å². The molecular formula is C23H24I2N4O4. The molecule has 8 nitrogen and oxygen atoms in total. The number of nitriles is 1. The summed E-state index contributed by atoms with van der Waals surface area (Å²) in [4.78, 5) is 28.1. The standard InChI is InChI=1S/C23H24I2N4O4/c1-32-21-18(24)12-15(13-19(21)25)17(23(31)27-7-6-26)14-28-22(30)16-4-2-3-5-20(16)29-8-10-33-11-9-29/h2-5,12-13,17H,7-11,14H2,1H3,(H,27,31)(H,28,30). The molecule has 0 saturated carbocycles. The number of amides is 2. The minimum Gasteiger partial charge on any atom is -0.495 e. The molecule has 2 N–H and O–H groups in total. The van der Waals surface area contributed by atoms with Crippen LogP contribution >= 0.6 is 45.2 Å². The van der Waals surface area contributed by atoms with Crippen molar-refractivity contribution in [1.82, 2.24) is 10.6 Å². The van der Waals surface area contributed by atoms with Gasteiger partial charge in [0.15, 0.2) is 0 Å². The van der Waals surface area contributed by atoms with Crippen molar-refractivity contribution >= 4 is 62.7 Å². The van der Waals surface area contributed by atoms with Crippen LogP contribution in [-0.4, -0.2) is 58.3 Å². The maximum Gasteiger partial charge on any atom is 0.253 e. The highest BCUT2D eigenvalue weighted by Gasteiger charge is 2.25. The van der Waals surface area contributed by atoms with Crippen LogP contribution in [-0.2, 0) is 9.53 Å². The first kappa shape index (κ1) is 25.5. The third-order valence-electron chi connectivity index (χ3n) is 5.25. The highest BCUT2D eigenvalue weighted by Crippen LogP contribution is 2.31. The number of morpholine rings is 1. The van der Waals surface area contributed by atoms with Crippen LogP contribution in [0.25, 0.3) is 0 Å². The highest BCUT2D eigenvalue weighted by atomic mass is 127. The topological polar surface area (TPSA) is 104 Å². The molecule has 0 radical (unpaired) electrons. The van der Waals surface area contributed by atoms with Crippen LogP contribution in [0.15, 0.2) is 36.4 Å². The third-order valence-corrected chi connectivity index (χ3v) is 6.86. The van der Waals surface area contributed by atoms with E-state index in [2.05, 4.69) is 60.7 Å². The maximum atomic E-state index is 13.1. The number of hydrogen-bond acceptors (Lipinski definition) is 6. The van der Waals surface area contributed by atoms with E-state index in [1.165, 1.54) is 0 Å². The van der Waals surface area contributed by atoms with Crippen molar-refractivity contribution in [3.63, 3.8) is 0 Å². The highest BCUT2D eigenvalue weighted by molar-refractivity contribution is 14.1. The number of anilines is 1. The van der Waals surface area contributed by atoms with Crippen molar-refractivity contribution in [2.45, 2.75) is 5.92 Å². The van der Waals surface area contributed by atoms with Crippen molar-refractivity contribution in [3.8, 4) is 11.8 Å². The van der Waals surface area contributed by atoms with Gasteiger partial charge in [-0.1, -0.05) is 12.1 Å². The fraction of sp³-hybridized carbons (Fsp3) is 0.348. The SMILES string of the molecule is COc1c(I)cc(C(CNC(=O)c2ccccc2N2CCOCC2)C(=O)NCC#N)cc1I. The summed E-state index contributed by atoms with van der Waals surface area (Å²) in [6.45, 7) is 2.65. The maximum absolute atomic E-state index is 13.1. The van der Waals surface area contributed by atoms with Crippen LogP contribution < -0.4 is 20.3 Å². The number of benzene rings is 2. The molecule has 1 unspecified atom stereocenters. The number of ether oxygens (including phenoxy) is 2. The lowest BCUT2D eigenvalue weighted by Crippen LogP contribution is -2.40. The Morgan fingerprint density at radius 3 is 2.48 bits per heavy atom. The monoisotopic (exact) mass is 674 g/mol. The average molecular weight is 674 g/mol. The van der Waals surface area contributed by atoms with Crippen LogP contribution in [0.5, 0.6) is 5.75 Å². The van der Waals surface area contributed by atoms with Gasteiger partial charge in [0.1, 0.15) is 12.3 Å². The van der Waals surface area contributed by atoms with Crippen molar-refractivity contribution in [2.24, 2.45) is 0 Å². The second-order valence-electron chi connectivity index (χ2n) is 7.27. The molecule has 1 atom stereocenters. The van der Waals surface area contributed by atoms with Crippen molar-refractivity contribution in [3.05, 3.63) is 54.7 Å². The van der Waals surface area contributed by atoms with E-state index in [1.807, 2.05) is 36.4 Å². The van der Waals surface area contributed by atoms with Crippen LogP contribution in [0, 0.1) is 18.5 Å². The number of hydrogen-bond donors (Lipinski definition) is 2. The van der Waals surface area contributed by atoms with Crippen molar-refractivity contribution in [1.29, 1.82) is 5.26 Å². The Morgan fingerprint density at radius 2 is 1.85 bits per heavy atom. The van der Waals surface area contributed by atoms with Gasteiger partial charge in [-0.25, -0.2) is 0 Å². The number of methoxy groups -OCH3 is 1. The van der Waals surface area contributed by atoms with Gasteiger partial charge in [-0.05, 0) is 75.0 Å². The summed E-state index contributed by atoms with van der Waals surface area (Å²) in [7, 11) is 1.60. The molecule has 1 heterocycles. The van der Waals surface area contributed by atoms with Gasteiger partial charge in [0.2, 0.25) is 5.91 Å². The van der Waals surface area contributed by atoms with E-state index in [4.69, 9.17) is 14.7 Å². The van der Waals surface area contributed by atoms with Gasteiger partial charge in [-0.15, -0.1) is 0 Å². The molecule has 1 fully saturated rings. The number of nitrogens with one attached hydrogen (secondary N) is 2. The fourth-order valence-electron chi connectivity index (χ4n) is 3.62. The molecule has 10 heteroatoms. The Hall–Kier alpha value is -2.11. The largest absolute Gasteiger partial charge is 0.495 e. The second-order valence-corrected chi connectivity index (χ2v) is 9.60. The third kappa shape index (κ3) is 6.48. The molecule has 0 aromatic heterocycles. The van der Waals surface area contributed by atoms with Crippen LogP contribution in [0.1, 0.15) is 21.8 Å². The zero-order chi connectivity index (χ0) is 23.8. The molecule has 0 spiro atoms. The fourth-order valence-corrected chi connectivity index (χ4v) is 5.88. The summed E-state index contributed by atoms with van der Waals surface area (Å²) in [5, 5.41) is 14.4. The van der Waals surface area contributed by atoms with Crippen molar-refractivity contribution in [2.75, 3.05) is 51.4 Å². The van der Waals surface area contributed by atoms with Crippen LogP contribution in [0.2, 0.25) is 0 Å². The molecular weight excluding hydrogens is 650 g/mol. The predicted octanol–water partition coefficient (Wildman–Crippen LogP) is 2.89. The van der Waals surface area contributed by atoms with E-state index in [0.29, 0.717) is 31.9 Å². The molecule has 0 bridgehead atoms. The van der Waals surface area contributed by atoms with Crippen LogP contribution in [0.4, 0.5) is 5.69 Å². The van der Waals surface area contributed by atoms with Gasteiger partial charge in [0.25, 0.3) is 5.91 Å². The summed E-state index contributed by atoms with van der Waals surface area (Å²) in [6, 6.07) is 13.1. The van der Waals surface area contributed by atoms with E-state index in [9.17, 15) is 9.59 Å². The Morgan fingerprint density at radius 1 is 1.18 bits per heavy atom. The zero-order valence-corrected chi connectivity index (χ0v) is 22.4.